The second kappa shape index (κ2) is 6.41. The number of aryl methyl sites for hydroxylation is 1. The van der Waals surface area contributed by atoms with Gasteiger partial charge in [0, 0.05) is 12.0 Å². The smallest absolute Gasteiger partial charge is 0.338 e. The summed E-state index contributed by atoms with van der Waals surface area (Å²) in [6, 6.07) is 1.72. The van der Waals surface area contributed by atoms with E-state index in [1.807, 2.05) is 0 Å². The minimum Gasteiger partial charge on any atom is -0.478 e. The van der Waals surface area contributed by atoms with Crippen molar-refractivity contribution in [3.63, 3.8) is 0 Å². The lowest BCUT2D eigenvalue weighted by atomic mass is 9.86. The summed E-state index contributed by atoms with van der Waals surface area (Å²) in [4.78, 5) is 27.8. The summed E-state index contributed by atoms with van der Waals surface area (Å²) >= 11 is 1.37. The van der Waals surface area contributed by atoms with Crippen molar-refractivity contribution in [2.45, 2.75) is 31.7 Å². The highest BCUT2D eigenvalue weighted by Crippen LogP contribution is 2.31. The summed E-state index contributed by atoms with van der Waals surface area (Å²) in [5.74, 6) is -1.22. The molecule has 1 amide bonds. The minimum absolute atomic E-state index is 0.236. The lowest BCUT2D eigenvalue weighted by Gasteiger charge is -2.35. The molecule has 7 heteroatoms. The minimum atomic E-state index is -0.985. The topological polar surface area (TPSA) is 91.4 Å². The number of amides is 1. The maximum atomic E-state index is 12.7. The lowest BCUT2D eigenvalue weighted by molar-refractivity contribution is 0.0695. The van der Waals surface area contributed by atoms with Crippen LogP contribution in [0.15, 0.2) is 18.2 Å². The van der Waals surface area contributed by atoms with E-state index >= 15 is 0 Å². The molecule has 3 N–H and O–H groups in total. The van der Waals surface area contributed by atoms with Crippen LogP contribution in [0.1, 0.15) is 45.0 Å². The van der Waals surface area contributed by atoms with Gasteiger partial charge < -0.3 is 20.1 Å². The summed E-state index contributed by atoms with van der Waals surface area (Å²) in [6.45, 7) is 2.21. The molecule has 2 aromatic rings. The van der Waals surface area contributed by atoms with E-state index < -0.39 is 11.5 Å². The van der Waals surface area contributed by atoms with E-state index in [1.165, 1.54) is 11.3 Å². The third-order valence-electron chi connectivity index (χ3n) is 4.37. The lowest BCUT2D eigenvalue weighted by Crippen LogP contribution is -2.52. The van der Waals surface area contributed by atoms with Gasteiger partial charge >= 0.3 is 5.97 Å². The Labute approximate surface area is 143 Å². The number of aromatic carboxylic acids is 1. The van der Waals surface area contributed by atoms with Gasteiger partial charge in [-0.15, -0.1) is 11.3 Å². The zero-order valence-electron chi connectivity index (χ0n) is 13.6. The maximum absolute atomic E-state index is 12.7. The van der Waals surface area contributed by atoms with Gasteiger partial charge in [-0.1, -0.05) is 12.2 Å². The molecule has 0 bridgehead atoms. The Morgan fingerprint density at radius 1 is 1.46 bits per heavy atom. The van der Waals surface area contributed by atoms with Gasteiger partial charge in [0.05, 0.1) is 27.9 Å². The number of aromatic amines is 1. The van der Waals surface area contributed by atoms with E-state index in [2.05, 4.69) is 22.5 Å². The first-order chi connectivity index (χ1) is 11.5. The first kappa shape index (κ1) is 16.7. The fourth-order valence-electron chi connectivity index (χ4n) is 3.23. The number of nitrogens with one attached hydrogen (secondary N) is 2. The first-order valence-corrected chi connectivity index (χ1v) is 8.59. The van der Waals surface area contributed by atoms with Crippen LogP contribution in [-0.4, -0.2) is 41.2 Å². The second-order valence-electron chi connectivity index (χ2n) is 6.14. The van der Waals surface area contributed by atoms with E-state index in [4.69, 9.17) is 4.74 Å². The Kier molecular flexibility index (Phi) is 4.47. The van der Waals surface area contributed by atoms with Crippen molar-refractivity contribution in [3.05, 3.63) is 34.4 Å². The standard InChI is InChI=1S/C17H20N2O4S/c1-10-13(16(21)22)14-12(24-10)8-11(18-14)15(20)19-17(9-23-2)6-4-3-5-7-17/h3-4,8,18H,5-7,9H2,1-2H3,(H,19,20)(H,21,22). The number of hydrogen-bond donors (Lipinski definition) is 3. The largest absolute Gasteiger partial charge is 0.478 e. The molecule has 0 aromatic carbocycles. The Morgan fingerprint density at radius 2 is 2.25 bits per heavy atom. The maximum Gasteiger partial charge on any atom is 0.338 e. The predicted octanol–water partition coefficient (Wildman–Crippen LogP) is 3.09. The number of carboxylic acids is 1. The summed E-state index contributed by atoms with van der Waals surface area (Å²) in [5.41, 5.74) is 0.717. The number of ether oxygens (including phenoxy) is 1. The number of methoxy groups -OCH3 is 1. The van der Waals surface area contributed by atoms with Crippen LogP contribution in [0, 0.1) is 6.92 Å². The zero-order valence-corrected chi connectivity index (χ0v) is 14.5. The van der Waals surface area contributed by atoms with Crippen LogP contribution in [0.25, 0.3) is 10.2 Å². The van der Waals surface area contributed by atoms with Crippen LogP contribution >= 0.6 is 11.3 Å². The van der Waals surface area contributed by atoms with Crippen molar-refractivity contribution in [1.82, 2.24) is 10.3 Å². The van der Waals surface area contributed by atoms with Gasteiger partial charge in [0.1, 0.15) is 5.69 Å². The number of aromatic nitrogens is 1. The fraction of sp³-hybridized carbons (Fsp3) is 0.412. The number of H-pyrrole nitrogens is 1. The molecule has 0 saturated heterocycles. The van der Waals surface area contributed by atoms with Crippen molar-refractivity contribution in [1.29, 1.82) is 0 Å². The van der Waals surface area contributed by atoms with E-state index in [0.29, 0.717) is 17.8 Å². The Morgan fingerprint density at radius 3 is 2.88 bits per heavy atom. The van der Waals surface area contributed by atoms with Gasteiger partial charge in [0.15, 0.2) is 0 Å². The number of fused-ring (bicyclic) bond motifs is 1. The molecule has 3 rings (SSSR count). The monoisotopic (exact) mass is 348 g/mol. The van der Waals surface area contributed by atoms with Gasteiger partial charge in [-0.25, -0.2) is 4.79 Å². The molecule has 6 nitrogen and oxygen atoms in total. The quantitative estimate of drug-likeness (QED) is 0.724. The van der Waals surface area contributed by atoms with Crippen molar-refractivity contribution >= 4 is 33.4 Å². The van der Waals surface area contributed by atoms with Crippen molar-refractivity contribution in [2.75, 3.05) is 13.7 Å². The van der Waals surface area contributed by atoms with Crippen LogP contribution in [-0.2, 0) is 4.74 Å². The summed E-state index contributed by atoms with van der Waals surface area (Å²) < 4.78 is 6.07. The Hall–Kier alpha value is -2.12. The van der Waals surface area contributed by atoms with Crippen LogP contribution in [0.3, 0.4) is 0 Å². The molecule has 0 radical (unpaired) electrons. The Balaban J connectivity index is 1.88. The third kappa shape index (κ3) is 2.97. The van der Waals surface area contributed by atoms with Crippen LogP contribution < -0.4 is 5.32 Å². The number of carboxylic acid groups (broad SMARTS) is 1. The van der Waals surface area contributed by atoms with E-state index in [9.17, 15) is 14.7 Å². The molecule has 1 unspecified atom stereocenters. The molecule has 0 aliphatic heterocycles. The molecular weight excluding hydrogens is 328 g/mol. The highest BCUT2D eigenvalue weighted by atomic mass is 32.1. The summed E-state index contributed by atoms with van der Waals surface area (Å²) in [7, 11) is 1.62. The van der Waals surface area contributed by atoms with Crippen molar-refractivity contribution in [3.8, 4) is 0 Å². The van der Waals surface area contributed by atoms with E-state index in [1.54, 1.807) is 20.1 Å². The zero-order chi connectivity index (χ0) is 17.3. The summed E-state index contributed by atoms with van der Waals surface area (Å²) in [6.07, 6.45) is 6.60. The van der Waals surface area contributed by atoms with Crippen molar-refractivity contribution < 1.29 is 19.4 Å². The average Bonchev–Trinajstić information content (AvgIpc) is 3.04. The number of thiophene rings is 1. The fourth-order valence-corrected chi connectivity index (χ4v) is 4.28. The summed E-state index contributed by atoms with van der Waals surface area (Å²) in [5, 5.41) is 12.4. The number of carbonyl (C=O) groups excluding carboxylic acids is 1. The average molecular weight is 348 g/mol. The van der Waals surface area contributed by atoms with Crippen LogP contribution in [0.4, 0.5) is 0 Å². The number of allylic oxidation sites excluding steroid dienone is 1. The van der Waals surface area contributed by atoms with E-state index in [0.717, 1.165) is 28.8 Å². The van der Waals surface area contributed by atoms with Gasteiger partial charge in [0.2, 0.25) is 0 Å². The van der Waals surface area contributed by atoms with E-state index in [-0.39, 0.29) is 11.5 Å². The first-order valence-electron chi connectivity index (χ1n) is 7.77. The highest BCUT2D eigenvalue weighted by molar-refractivity contribution is 7.19. The van der Waals surface area contributed by atoms with Crippen LogP contribution in [0.2, 0.25) is 0 Å². The molecule has 24 heavy (non-hydrogen) atoms. The van der Waals surface area contributed by atoms with Gasteiger partial charge in [-0.2, -0.15) is 0 Å². The Bertz CT molecular complexity index is 820. The van der Waals surface area contributed by atoms with Crippen LogP contribution in [0.5, 0.6) is 0 Å². The molecule has 0 fully saturated rings. The molecule has 2 heterocycles. The molecular formula is C17H20N2O4S. The highest BCUT2D eigenvalue weighted by Gasteiger charge is 2.33. The molecule has 0 saturated carbocycles. The number of rotatable bonds is 5. The molecule has 0 spiro atoms. The molecule has 1 atom stereocenters. The number of hydrogen-bond acceptors (Lipinski definition) is 4. The SMILES string of the molecule is COCC1(NC(=O)c2cc3sc(C)c(C(=O)O)c3[nH]2)CC=CCC1. The van der Waals surface area contributed by atoms with Crippen molar-refractivity contribution in [2.24, 2.45) is 0 Å². The molecule has 128 valence electrons. The predicted molar refractivity (Wildman–Crippen MR) is 92.9 cm³/mol. The van der Waals surface area contributed by atoms with Gasteiger partial charge in [-0.05, 0) is 32.3 Å². The molecule has 1 aliphatic carbocycles. The number of carbonyl (C=O) groups is 2. The third-order valence-corrected chi connectivity index (χ3v) is 5.42. The molecule has 1 aliphatic rings. The molecule has 2 aromatic heterocycles. The normalized spacial score (nSPS) is 20.4. The second-order valence-corrected chi connectivity index (χ2v) is 7.40. The van der Waals surface area contributed by atoms with Gasteiger partial charge in [-0.3, -0.25) is 4.79 Å². The van der Waals surface area contributed by atoms with Gasteiger partial charge in [0.25, 0.3) is 5.91 Å².